The maximum Gasteiger partial charge on any atom is 0.433 e. The van der Waals surface area contributed by atoms with Crippen LogP contribution in [0.2, 0.25) is 0 Å². The van der Waals surface area contributed by atoms with Gasteiger partial charge in [0.1, 0.15) is 11.5 Å². The number of nitrogens with zero attached hydrogens (tertiary/aromatic N) is 4. The summed E-state index contributed by atoms with van der Waals surface area (Å²) in [7, 11) is -4.91. The Morgan fingerprint density at radius 1 is 1.34 bits per heavy atom. The summed E-state index contributed by atoms with van der Waals surface area (Å²) in [6.07, 6.45) is -3.49. The van der Waals surface area contributed by atoms with Crippen molar-refractivity contribution in [3.8, 4) is 0 Å². The van der Waals surface area contributed by atoms with E-state index in [0.717, 1.165) is 11.0 Å². The molecule has 1 aromatic heterocycles. The van der Waals surface area contributed by atoms with Gasteiger partial charge in [0.2, 0.25) is 0 Å². The van der Waals surface area contributed by atoms with Gasteiger partial charge in [-0.25, -0.2) is 4.79 Å². The first-order valence-corrected chi connectivity index (χ1v) is 9.42. The Morgan fingerprint density at radius 3 is 2.59 bits per heavy atom. The molecule has 3 amide bonds. The standard InChI is InChI=1S/C14H14F3N5O6S/c15-14(16,17)10-4-1-7(5-19-10)12(23)20-11(18)9-3-2-8-6-21(9)13(24)22(8)28-29(25,26)27/h1,4-5,8-9H,2-3,6H2,(H2,18,20,23)(H,25,26,27)/t8-,9+/m1/s1. The van der Waals surface area contributed by atoms with E-state index < -0.39 is 46.3 Å². The first-order valence-electron chi connectivity index (χ1n) is 8.05. The molecule has 0 saturated carbocycles. The van der Waals surface area contributed by atoms with E-state index in [4.69, 9.17) is 10.3 Å². The number of hydrogen-bond donors (Lipinski definition) is 2. The van der Waals surface area contributed by atoms with Gasteiger partial charge in [-0.3, -0.25) is 14.3 Å². The van der Waals surface area contributed by atoms with Gasteiger partial charge in [-0.15, -0.1) is 4.28 Å². The van der Waals surface area contributed by atoms with E-state index in [1.165, 1.54) is 0 Å². The number of alkyl halides is 3. The summed E-state index contributed by atoms with van der Waals surface area (Å²) >= 11 is 0. The zero-order chi connectivity index (χ0) is 21.6. The van der Waals surface area contributed by atoms with Crippen molar-refractivity contribution in [3.05, 3.63) is 29.6 Å². The highest BCUT2D eigenvalue weighted by molar-refractivity contribution is 7.80. The molecule has 15 heteroatoms. The fraction of sp³-hybridized carbons (Fsp3) is 0.429. The molecule has 2 aliphatic heterocycles. The van der Waals surface area contributed by atoms with Crippen LogP contribution in [0.5, 0.6) is 0 Å². The Morgan fingerprint density at radius 2 is 2.03 bits per heavy atom. The van der Waals surface area contributed by atoms with E-state index in [-0.39, 0.29) is 30.8 Å². The fourth-order valence-electron chi connectivity index (χ4n) is 3.08. The predicted octanol–water partition coefficient (Wildman–Crippen LogP) is 0.601. The highest BCUT2D eigenvalue weighted by Gasteiger charge is 2.48. The van der Waals surface area contributed by atoms with Crippen LogP contribution in [-0.4, -0.2) is 64.3 Å². The number of pyridine rings is 1. The van der Waals surface area contributed by atoms with Crippen LogP contribution in [0.25, 0.3) is 0 Å². The molecule has 158 valence electrons. The highest BCUT2D eigenvalue weighted by Crippen LogP contribution is 2.31. The average molecular weight is 437 g/mol. The number of amides is 3. The van der Waals surface area contributed by atoms with Crippen LogP contribution in [0.3, 0.4) is 0 Å². The molecule has 0 spiro atoms. The van der Waals surface area contributed by atoms with Gasteiger partial charge in [0.15, 0.2) is 0 Å². The van der Waals surface area contributed by atoms with Crippen LogP contribution in [0.1, 0.15) is 28.9 Å². The smallest absolute Gasteiger partial charge is 0.385 e. The molecular weight excluding hydrogens is 423 g/mol. The molecule has 2 aliphatic rings. The van der Waals surface area contributed by atoms with E-state index >= 15 is 0 Å². The van der Waals surface area contributed by atoms with E-state index in [2.05, 4.69) is 14.3 Å². The van der Waals surface area contributed by atoms with E-state index in [1.54, 1.807) is 0 Å². The molecule has 2 atom stereocenters. The highest BCUT2D eigenvalue weighted by atomic mass is 32.3. The van der Waals surface area contributed by atoms with Crippen molar-refractivity contribution in [2.24, 2.45) is 10.7 Å². The minimum absolute atomic E-state index is 0.0191. The Hall–Kier alpha value is -2.78. The average Bonchev–Trinajstić information content (AvgIpc) is 2.84. The minimum atomic E-state index is -4.91. The van der Waals surface area contributed by atoms with Gasteiger partial charge in [-0.1, -0.05) is 0 Å². The Bertz CT molecular complexity index is 965. The summed E-state index contributed by atoms with van der Waals surface area (Å²) in [4.78, 5) is 32.4. The quantitative estimate of drug-likeness (QED) is 0.394. The largest absolute Gasteiger partial charge is 0.433 e. The Balaban J connectivity index is 1.75. The number of fused-ring (bicyclic) bond motifs is 2. The van der Waals surface area contributed by atoms with Crippen LogP contribution >= 0.6 is 0 Å². The summed E-state index contributed by atoms with van der Waals surface area (Å²) in [5.41, 5.74) is 4.40. The number of carbonyl (C=O) groups excluding carboxylic acids is 2. The lowest BCUT2D eigenvalue weighted by molar-refractivity contribution is -0.141. The maximum atomic E-state index is 12.5. The molecule has 2 fully saturated rings. The minimum Gasteiger partial charge on any atom is -0.385 e. The number of amidine groups is 1. The molecule has 3 heterocycles. The van der Waals surface area contributed by atoms with Crippen molar-refractivity contribution in [3.63, 3.8) is 0 Å². The van der Waals surface area contributed by atoms with Gasteiger partial charge in [0.25, 0.3) is 5.91 Å². The van der Waals surface area contributed by atoms with Crippen molar-refractivity contribution in [1.82, 2.24) is 14.9 Å². The van der Waals surface area contributed by atoms with Gasteiger partial charge >= 0.3 is 22.6 Å². The van der Waals surface area contributed by atoms with Crippen molar-refractivity contribution in [2.75, 3.05) is 6.54 Å². The molecular formula is C14H14F3N5O6S. The third-order valence-corrected chi connectivity index (χ3v) is 4.72. The van der Waals surface area contributed by atoms with Gasteiger partial charge in [0.05, 0.1) is 17.6 Å². The topological polar surface area (TPSA) is 155 Å². The first kappa shape index (κ1) is 20.9. The zero-order valence-corrected chi connectivity index (χ0v) is 15.2. The lowest BCUT2D eigenvalue weighted by Crippen LogP contribution is -2.48. The predicted molar refractivity (Wildman–Crippen MR) is 88.6 cm³/mol. The molecule has 2 bridgehead atoms. The normalized spacial score (nSPS) is 22.9. The molecule has 1 aromatic rings. The molecule has 3 rings (SSSR count). The maximum absolute atomic E-state index is 12.5. The van der Waals surface area contributed by atoms with Crippen molar-refractivity contribution in [1.29, 1.82) is 0 Å². The number of hydrogen-bond acceptors (Lipinski definition) is 6. The van der Waals surface area contributed by atoms with E-state index in [1.807, 2.05) is 0 Å². The number of halogens is 3. The SMILES string of the molecule is NC(=NC(=O)c1ccc(C(F)(F)F)nc1)[C@@H]1CC[C@@H]2CN1C(=O)N2OS(=O)(=O)O. The third-order valence-electron chi connectivity index (χ3n) is 4.37. The first-order chi connectivity index (χ1) is 13.4. The van der Waals surface area contributed by atoms with E-state index in [9.17, 15) is 31.2 Å². The molecule has 0 radical (unpaired) electrons. The van der Waals surface area contributed by atoms with Crippen molar-refractivity contribution >= 4 is 28.2 Å². The second-order valence-corrected chi connectivity index (χ2v) is 7.29. The van der Waals surface area contributed by atoms with Gasteiger partial charge in [-0.2, -0.15) is 31.6 Å². The number of aliphatic imine (C=N–C) groups is 1. The fourth-order valence-corrected chi connectivity index (χ4v) is 3.47. The Kier molecular flexibility index (Phi) is 5.22. The van der Waals surface area contributed by atoms with Gasteiger partial charge in [-0.05, 0) is 25.0 Å². The molecule has 2 saturated heterocycles. The second kappa shape index (κ2) is 7.23. The molecule has 0 aliphatic carbocycles. The summed E-state index contributed by atoms with van der Waals surface area (Å²) in [6, 6.07) is -0.881. The number of hydroxylamine groups is 2. The lowest BCUT2D eigenvalue weighted by atomic mass is 10.00. The number of rotatable bonds is 4. The molecule has 0 aromatic carbocycles. The van der Waals surface area contributed by atoms with Crippen LogP contribution < -0.4 is 5.73 Å². The van der Waals surface area contributed by atoms with Gasteiger partial charge < -0.3 is 10.6 Å². The number of urea groups is 1. The molecule has 0 unspecified atom stereocenters. The monoisotopic (exact) mass is 437 g/mol. The Labute approximate surface area is 161 Å². The number of piperidine rings is 1. The summed E-state index contributed by atoms with van der Waals surface area (Å²) in [5.74, 6) is -1.24. The number of carbonyl (C=O) groups is 2. The van der Waals surface area contributed by atoms with Crippen LogP contribution in [0.15, 0.2) is 23.3 Å². The second-order valence-electron chi connectivity index (χ2n) is 6.28. The lowest BCUT2D eigenvalue weighted by Gasteiger charge is -2.29. The zero-order valence-electron chi connectivity index (χ0n) is 14.4. The van der Waals surface area contributed by atoms with Crippen LogP contribution in [0.4, 0.5) is 18.0 Å². The summed E-state index contributed by atoms with van der Waals surface area (Å²) in [6.45, 7) is 0.0191. The van der Waals surface area contributed by atoms with Gasteiger partial charge in [0, 0.05) is 12.7 Å². The molecule has 29 heavy (non-hydrogen) atoms. The third kappa shape index (κ3) is 4.46. The molecule has 3 N–H and O–H groups in total. The van der Waals surface area contributed by atoms with Crippen LogP contribution in [0, 0.1) is 0 Å². The number of aromatic nitrogens is 1. The molecule has 11 nitrogen and oxygen atoms in total. The van der Waals surface area contributed by atoms with E-state index in [0.29, 0.717) is 17.3 Å². The summed E-state index contributed by atoms with van der Waals surface area (Å²) in [5, 5.41) is 0.504. The van der Waals surface area contributed by atoms with Crippen molar-refractivity contribution in [2.45, 2.75) is 31.1 Å². The van der Waals surface area contributed by atoms with Crippen molar-refractivity contribution < 1.29 is 40.0 Å². The van der Waals surface area contributed by atoms with Crippen LogP contribution in [-0.2, 0) is 20.9 Å². The number of nitrogens with two attached hydrogens (primary N) is 1. The summed E-state index contributed by atoms with van der Waals surface area (Å²) < 4.78 is 72.4.